The van der Waals surface area contributed by atoms with Gasteiger partial charge >= 0.3 is 0 Å². The second-order valence-electron chi connectivity index (χ2n) is 3.99. The van der Waals surface area contributed by atoms with E-state index < -0.39 is 0 Å². The third-order valence-corrected chi connectivity index (χ3v) is 2.95. The minimum atomic E-state index is -0.118. The van der Waals surface area contributed by atoms with Gasteiger partial charge in [-0.05, 0) is 11.8 Å². The molecule has 0 aromatic rings. The molecule has 0 saturated carbocycles. The highest BCUT2D eigenvalue weighted by Gasteiger charge is 2.30. The Labute approximate surface area is 69.0 Å². The predicted molar refractivity (Wildman–Crippen MR) is 46.4 cm³/mol. The number of aliphatic hydroxyl groups is 1. The molecule has 2 nitrogen and oxygen atoms in total. The highest BCUT2D eigenvalue weighted by atomic mass is 16.3. The lowest BCUT2D eigenvalue weighted by molar-refractivity contribution is 0.102. The number of rotatable bonds is 2. The van der Waals surface area contributed by atoms with Crippen LogP contribution >= 0.6 is 0 Å². The summed E-state index contributed by atoms with van der Waals surface area (Å²) in [5.41, 5.74) is 0. The number of nitrogens with one attached hydrogen (secondary N) is 1. The van der Waals surface area contributed by atoms with Crippen molar-refractivity contribution in [2.45, 2.75) is 26.9 Å². The van der Waals surface area contributed by atoms with Crippen LogP contribution in [0.1, 0.15) is 20.8 Å². The number of β-amino-alcohol motifs (C(OH)–C–C–N with tert-alkyl or cyclic N) is 1. The fourth-order valence-electron chi connectivity index (χ4n) is 1.72. The summed E-state index contributed by atoms with van der Waals surface area (Å²) in [5, 5.41) is 12.8. The van der Waals surface area contributed by atoms with Gasteiger partial charge in [0.05, 0.1) is 6.10 Å². The summed E-state index contributed by atoms with van der Waals surface area (Å²) in [7, 11) is 0. The molecule has 2 heteroatoms. The van der Waals surface area contributed by atoms with Crippen LogP contribution in [0.15, 0.2) is 0 Å². The lowest BCUT2D eigenvalue weighted by atomic mass is 9.83. The van der Waals surface area contributed by atoms with Crippen molar-refractivity contribution < 1.29 is 5.11 Å². The van der Waals surface area contributed by atoms with Crippen LogP contribution in [0.2, 0.25) is 0 Å². The van der Waals surface area contributed by atoms with Crippen LogP contribution in [0.4, 0.5) is 0 Å². The zero-order valence-corrected chi connectivity index (χ0v) is 7.67. The van der Waals surface area contributed by atoms with Crippen LogP contribution in [0.3, 0.4) is 0 Å². The van der Waals surface area contributed by atoms with Gasteiger partial charge in [0, 0.05) is 19.0 Å². The molecule has 1 aliphatic heterocycles. The molecule has 3 atom stereocenters. The maximum Gasteiger partial charge on any atom is 0.0707 e. The third-order valence-electron chi connectivity index (χ3n) is 2.95. The van der Waals surface area contributed by atoms with E-state index >= 15 is 0 Å². The summed E-state index contributed by atoms with van der Waals surface area (Å²) >= 11 is 0. The summed E-state index contributed by atoms with van der Waals surface area (Å²) in [4.78, 5) is 0. The first-order chi connectivity index (χ1) is 5.13. The number of hydrogen-bond acceptors (Lipinski definition) is 2. The van der Waals surface area contributed by atoms with Crippen molar-refractivity contribution in [2.75, 3.05) is 13.1 Å². The first-order valence-corrected chi connectivity index (χ1v) is 4.51. The topological polar surface area (TPSA) is 32.3 Å². The molecule has 11 heavy (non-hydrogen) atoms. The molecule has 0 radical (unpaired) electrons. The van der Waals surface area contributed by atoms with Crippen LogP contribution in [-0.2, 0) is 0 Å². The van der Waals surface area contributed by atoms with Crippen molar-refractivity contribution in [2.24, 2.45) is 17.8 Å². The largest absolute Gasteiger partial charge is 0.391 e. The first kappa shape index (κ1) is 9.01. The molecular formula is C9H19NO. The fourth-order valence-corrected chi connectivity index (χ4v) is 1.72. The van der Waals surface area contributed by atoms with Crippen LogP contribution < -0.4 is 5.32 Å². The van der Waals surface area contributed by atoms with E-state index in [0.717, 1.165) is 13.1 Å². The quantitative estimate of drug-likeness (QED) is 0.623. The molecule has 0 aromatic carbocycles. The van der Waals surface area contributed by atoms with E-state index in [4.69, 9.17) is 0 Å². The predicted octanol–water partition coefficient (Wildman–Crippen LogP) is 0.859. The van der Waals surface area contributed by atoms with E-state index in [1.54, 1.807) is 0 Å². The van der Waals surface area contributed by atoms with Gasteiger partial charge in [0.15, 0.2) is 0 Å². The molecule has 2 N–H and O–H groups in total. The van der Waals surface area contributed by atoms with Gasteiger partial charge in [0.25, 0.3) is 0 Å². The monoisotopic (exact) mass is 157 g/mol. The molecule has 0 amide bonds. The van der Waals surface area contributed by atoms with Gasteiger partial charge in [-0.2, -0.15) is 0 Å². The Balaban J connectivity index is 2.45. The van der Waals surface area contributed by atoms with Crippen molar-refractivity contribution in [1.82, 2.24) is 5.32 Å². The second kappa shape index (κ2) is 3.55. The van der Waals surface area contributed by atoms with Gasteiger partial charge < -0.3 is 10.4 Å². The molecular weight excluding hydrogens is 138 g/mol. The number of aliphatic hydroxyl groups excluding tert-OH is 1. The highest BCUT2D eigenvalue weighted by Crippen LogP contribution is 2.25. The van der Waals surface area contributed by atoms with E-state index in [1.807, 2.05) is 0 Å². The first-order valence-electron chi connectivity index (χ1n) is 4.51. The highest BCUT2D eigenvalue weighted by molar-refractivity contribution is 4.84. The van der Waals surface area contributed by atoms with Gasteiger partial charge in [-0.25, -0.2) is 0 Å². The molecule has 0 spiro atoms. The van der Waals surface area contributed by atoms with Crippen molar-refractivity contribution in [3.63, 3.8) is 0 Å². The summed E-state index contributed by atoms with van der Waals surface area (Å²) in [6, 6.07) is 0. The summed E-state index contributed by atoms with van der Waals surface area (Å²) in [6.07, 6.45) is -0.118. The Morgan fingerprint density at radius 2 is 1.91 bits per heavy atom. The Morgan fingerprint density at radius 1 is 1.27 bits per heavy atom. The molecule has 1 saturated heterocycles. The van der Waals surface area contributed by atoms with E-state index in [1.165, 1.54) is 0 Å². The summed E-state index contributed by atoms with van der Waals surface area (Å²) in [6.45, 7) is 8.43. The minimum absolute atomic E-state index is 0.118. The molecule has 0 aliphatic carbocycles. The Hall–Kier alpha value is -0.0800. The Bertz CT molecular complexity index is 125. The Morgan fingerprint density at radius 3 is 2.27 bits per heavy atom. The molecule has 1 fully saturated rings. The molecule has 3 unspecified atom stereocenters. The average molecular weight is 157 g/mol. The van der Waals surface area contributed by atoms with Gasteiger partial charge in [0.1, 0.15) is 0 Å². The van der Waals surface area contributed by atoms with Crippen molar-refractivity contribution in [1.29, 1.82) is 0 Å². The molecule has 1 heterocycles. The maximum atomic E-state index is 9.55. The lowest BCUT2D eigenvalue weighted by Crippen LogP contribution is -2.27. The lowest BCUT2D eigenvalue weighted by Gasteiger charge is -2.24. The standard InChI is InChI=1S/C9H19NO/c1-6(2)7(3)8-4-10-5-9(8)11/h6-11H,4-5H2,1-3H3. The minimum Gasteiger partial charge on any atom is -0.391 e. The zero-order chi connectivity index (χ0) is 8.43. The maximum absolute atomic E-state index is 9.55. The molecule has 1 aliphatic rings. The molecule has 1 rings (SSSR count). The molecule has 66 valence electrons. The zero-order valence-electron chi connectivity index (χ0n) is 7.67. The van der Waals surface area contributed by atoms with E-state index in [9.17, 15) is 5.11 Å². The van der Waals surface area contributed by atoms with Gasteiger partial charge in [0.2, 0.25) is 0 Å². The molecule has 0 aromatic heterocycles. The SMILES string of the molecule is CC(C)C(C)C1CNCC1O. The Kier molecular flexibility index (Phi) is 2.90. The van der Waals surface area contributed by atoms with Crippen molar-refractivity contribution in [3.8, 4) is 0 Å². The van der Waals surface area contributed by atoms with Gasteiger partial charge in [-0.15, -0.1) is 0 Å². The molecule has 0 bridgehead atoms. The summed E-state index contributed by atoms with van der Waals surface area (Å²) < 4.78 is 0. The van der Waals surface area contributed by atoms with E-state index in [-0.39, 0.29) is 6.10 Å². The summed E-state index contributed by atoms with van der Waals surface area (Å²) in [5.74, 6) is 1.77. The number of hydrogen-bond donors (Lipinski definition) is 2. The third kappa shape index (κ3) is 1.94. The smallest absolute Gasteiger partial charge is 0.0707 e. The normalized spacial score (nSPS) is 34.6. The van der Waals surface area contributed by atoms with Crippen LogP contribution in [0, 0.1) is 17.8 Å². The van der Waals surface area contributed by atoms with Gasteiger partial charge in [-0.1, -0.05) is 20.8 Å². The van der Waals surface area contributed by atoms with Crippen LogP contribution in [0.5, 0.6) is 0 Å². The van der Waals surface area contributed by atoms with Crippen molar-refractivity contribution >= 4 is 0 Å². The second-order valence-corrected chi connectivity index (χ2v) is 3.99. The fraction of sp³-hybridized carbons (Fsp3) is 1.00. The van der Waals surface area contributed by atoms with Gasteiger partial charge in [-0.3, -0.25) is 0 Å². The van der Waals surface area contributed by atoms with E-state index in [2.05, 4.69) is 26.1 Å². The van der Waals surface area contributed by atoms with Crippen LogP contribution in [-0.4, -0.2) is 24.3 Å². The van der Waals surface area contributed by atoms with E-state index in [0.29, 0.717) is 17.8 Å². The van der Waals surface area contributed by atoms with Crippen molar-refractivity contribution in [3.05, 3.63) is 0 Å². The average Bonchev–Trinajstić information content (AvgIpc) is 2.33. The van der Waals surface area contributed by atoms with Crippen LogP contribution in [0.25, 0.3) is 0 Å².